The first-order valence-electron chi connectivity index (χ1n) is 17.2. The molecule has 1 aromatic rings. The van der Waals surface area contributed by atoms with E-state index in [9.17, 15) is 28.8 Å². The fourth-order valence-electron chi connectivity index (χ4n) is 6.23. The van der Waals surface area contributed by atoms with Gasteiger partial charge in [0.05, 0.1) is 12.1 Å². The summed E-state index contributed by atoms with van der Waals surface area (Å²) < 4.78 is 0. The largest absolute Gasteiger partial charge is 0.363 e. The number of likely N-dealkylation sites (tertiary alicyclic amines) is 1. The first-order valence-corrected chi connectivity index (χ1v) is 17.2. The highest BCUT2D eigenvalue weighted by molar-refractivity contribution is 6.37. The number of carbonyl (C=O) groups excluding carboxylic acids is 6. The van der Waals surface area contributed by atoms with Crippen LogP contribution in [0.4, 0.5) is 15.3 Å². The van der Waals surface area contributed by atoms with Crippen LogP contribution < -0.4 is 32.3 Å². The molecule has 7 N–H and O–H groups in total. The van der Waals surface area contributed by atoms with E-state index < -0.39 is 65.1 Å². The van der Waals surface area contributed by atoms with Crippen LogP contribution in [-0.4, -0.2) is 77.7 Å². The number of nitrogens with one attached hydrogen (secondary N) is 5. The van der Waals surface area contributed by atoms with Crippen LogP contribution in [0.25, 0.3) is 0 Å². The summed E-state index contributed by atoms with van der Waals surface area (Å²) >= 11 is 0. The number of ketones is 1. The summed E-state index contributed by atoms with van der Waals surface area (Å²) in [6.45, 7) is 13.5. The van der Waals surface area contributed by atoms with Crippen LogP contribution in [0.1, 0.15) is 80.6 Å². The molecule has 1 saturated heterocycles. The maximum Gasteiger partial charge on any atom is 0.319 e. The Hall–Kier alpha value is -4.42. The topological polar surface area (TPSA) is 192 Å². The van der Waals surface area contributed by atoms with Gasteiger partial charge in [-0.05, 0) is 56.1 Å². The number of hydrogen-bond donors (Lipinski definition) is 6. The van der Waals surface area contributed by atoms with Crippen molar-refractivity contribution in [1.29, 1.82) is 0 Å². The van der Waals surface area contributed by atoms with Crippen LogP contribution in [-0.2, 0) is 19.2 Å². The number of rotatable bonds is 14. The summed E-state index contributed by atoms with van der Waals surface area (Å²) in [5.74, 6) is -3.13. The van der Waals surface area contributed by atoms with Gasteiger partial charge in [-0.25, -0.2) is 9.59 Å². The number of urea groups is 2. The first kappa shape index (κ1) is 39.0. The molecule has 3 rings (SSSR count). The van der Waals surface area contributed by atoms with E-state index in [1.165, 1.54) is 4.90 Å². The number of nitrogens with two attached hydrogens (primary N) is 1. The molecule has 1 aromatic carbocycles. The number of amides is 7. The van der Waals surface area contributed by atoms with Gasteiger partial charge < -0.3 is 37.2 Å². The van der Waals surface area contributed by atoms with E-state index in [0.29, 0.717) is 18.5 Å². The molecule has 0 radical (unpaired) electrons. The Morgan fingerprint density at radius 2 is 1.59 bits per heavy atom. The van der Waals surface area contributed by atoms with E-state index in [4.69, 9.17) is 5.73 Å². The van der Waals surface area contributed by atoms with Crippen molar-refractivity contribution in [3.8, 4) is 0 Å². The van der Waals surface area contributed by atoms with Crippen molar-refractivity contribution < 1.29 is 28.8 Å². The molecular formula is C36H55N7O6. The molecule has 0 bridgehead atoms. The highest BCUT2D eigenvalue weighted by atomic mass is 16.2. The number of benzene rings is 1. The Morgan fingerprint density at radius 3 is 2.12 bits per heavy atom. The number of Topliss-reactive ketones (excluding diaryl/α,β-unsaturated/α-hetero) is 1. The normalized spacial score (nSPS) is 19.5. The molecule has 13 nitrogen and oxygen atoms in total. The Morgan fingerprint density at radius 1 is 0.939 bits per heavy atom. The molecule has 2 fully saturated rings. The van der Waals surface area contributed by atoms with Gasteiger partial charge in [-0.1, -0.05) is 83.7 Å². The Kier molecular flexibility index (Phi) is 13.8. The molecule has 49 heavy (non-hydrogen) atoms. The summed E-state index contributed by atoms with van der Waals surface area (Å²) in [7, 11) is 0. The number of para-hydroxylation sites is 1. The third kappa shape index (κ3) is 11.3. The maximum absolute atomic E-state index is 14.3. The average Bonchev–Trinajstić information content (AvgIpc) is 3.41. The Balaban J connectivity index is 1.76. The molecule has 2 aliphatic rings. The van der Waals surface area contributed by atoms with Gasteiger partial charge in [0, 0.05) is 24.7 Å². The summed E-state index contributed by atoms with van der Waals surface area (Å²) in [4.78, 5) is 80.3. The van der Waals surface area contributed by atoms with Gasteiger partial charge in [0.1, 0.15) is 12.1 Å². The van der Waals surface area contributed by atoms with Crippen LogP contribution in [0.2, 0.25) is 0 Å². The van der Waals surface area contributed by atoms with Gasteiger partial charge in [-0.3, -0.25) is 19.2 Å². The second kappa shape index (κ2) is 17.3. The molecule has 1 saturated carbocycles. The minimum atomic E-state index is -1.11. The lowest BCUT2D eigenvalue weighted by Crippen LogP contribution is -2.61. The zero-order valence-corrected chi connectivity index (χ0v) is 29.9. The lowest BCUT2D eigenvalue weighted by atomic mass is 9.80. The molecular weight excluding hydrogens is 626 g/mol. The van der Waals surface area contributed by atoms with Crippen LogP contribution in [0.3, 0.4) is 0 Å². The molecule has 5 atom stereocenters. The highest BCUT2D eigenvalue weighted by Crippen LogP contribution is 2.33. The number of nitrogens with zero attached hydrogens (tertiary/aromatic N) is 1. The van der Waals surface area contributed by atoms with Gasteiger partial charge >= 0.3 is 12.1 Å². The van der Waals surface area contributed by atoms with E-state index in [-0.39, 0.29) is 30.8 Å². The number of anilines is 1. The number of hydrogen-bond acceptors (Lipinski definition) is 6. The predicted octanol–water partition coefficient (Wildman–Crippen LogP) is 3.46. The number of primary amides is 1. The zero-order chi connectivity index (χ0) is 36.5. The van der Waals surface area contributed by atoms with Crippen molar-refractivity contribution in [2.75, 3.05) is 18.4 Å². The summed E-state index contributed by atoms with van der Waals surface area (Å²) in [6, 6.07) is 4.47. The fraction of sp³-hybridized carbons (Fsp3) is 0.611. The molecule has 1 heterocycles. The van der Waals surface area contributed by atoms with Gasteiger partial charge in [-0.15, -0.1) is 0 Å². The molecule has 0 spiro atoms. The van der Waals surface area contributed by atoms with Crippen LogP contribution >= 0.6 is 0 Å². The molecule has 270 valence electrons. The zero-order valence-electron chi connectivity index (χ0n) is 29.9. The van der Waals surface area contributed by atoms with Crippen LogP contribution in [0.15, 0.2) is 42.0 Å². The smallest absolute Gasteiger partial charge is 0.319 e. The quantitative estimate of drug-likeness (QED) is 0.129. The first-order chi connectivity index (χ1) is 23.0. The van der Waals surface area contributed by atoms with Crippen LogP contribution in [0.5, 0.6) is 0 Å². The molecule has 13 heteroatoms. The summed E-state index contributed by atoms with van der Waals surface area (Å²) in [5, 5.41) is 14.0. The van der Waals surface area contributed by atoms with Gasteiger partial charge in [0.2, 0.25) is 17.6 Å². The second-order valence-electron chi connectivity index (χ2n) is 15.0. The maximum atomic E-state index is 14.3. The third-order valence-corrected chi connectivity index (χ3v) is 9.24. The summed E-state index contributed by atoms with van der Waals surface area (Å²) in [6.07, 6.45) is 5.59. The lowest BCUT2D eigenvalue weighted by Gasteiger charge is -2.37. The summed E-state index contributed by atoms with van der Waals surface area (Å²) in [5.41, 5.74) is 6.18. The Bertz CT molecular complexity index is 1380. The van der Waals surface area contributed by atoms with E-state index >= 15 is 0 Å². The van der Waals surface area contributed by atoms with E-state index in [0.717, 1.165) is 24.8 Å². The van der Waals surface area contributed by atoms with Crippen LogP contribution in [0, 0.1) is 23.2 Å². The SMILES string of the molecule is CC(C)=C[C@H]1CCN(C(=O)[C@@H](NC(=O)N[C@H](CNC(=O)Nc2ccccc2)C(C)C)C(C)(C)C)[C@@H]1C(=O)NC(CC1CCC1)C(=O)C(N)=O. The van der Waals surface area contributed by atoms with Gasteiger partial charge in [0.15, 0.2) is 0 Å². The van der Waals surface area contributed by atoms with E-state index in [1.54, 1.807) is 12.1 Å². The van der Waals surface area contributed by atoms with Crippen molar-refractivity contribution in [3.63, 3.8) is 0 Å². The van der Waals surface area contributed by atoms with Gasteiger partial charge in [-0.2, -0.15) is 0 Å². The Labute approximate surface area is 289 Å². The minimum absolute atomic E-state index is 0.0564. The van der Waals surface area contributed by atoms with Crippen molar-refractivity contribution in [2.24, 2.45) is 28.9 Å². The fourth-order valence-corrected chi connectivity index (χ4v) is 6.23. The molecule has 1 aliphatic carbocycles. The minimum Gasteiger partial charge on any atom is -0.363 e. The highest BCUT2D eigenvalue weighted by Gasteiger charge is 2.46. The molecule has 1 aliphatic heterocycles. The van der Waals surface area contributed by atoms with Crippen molar-refractivity contribution in [2.45, 2.75) is 105 Å². The van der Waals surface area contributed by atoms with Crippen molar-refractivity contribution >= 4 is 41.3 Å². The third-order valence-electron chi connectivity index (χ3n) is 9.24. The number of allylic oxidation sites excluding steroid dienone is 1. The second-order valence-corrected chi connectivity index (χ2v) is 15.0. The average molecular weight is 682 g/mol. The molecule has 7 amide bonds. The van der Waals surface area contributed by atoms with Crippen molar-refractivity contribution in [1.82, 2.24) is 26.2 Å². The predicted molar refractivity (Wildman–Crippen MR) is 188 cm³/mol. The van der Waals surface area contributed by atoms with E-state index in [2.05, 4.69) is 26.6 Å². The standard InChI is InChI=1S/C36H55N7O6/c1-21(2)18-24-16-17-43(28(24)32(46)40-26(29(44)31(37)45)19-23-12-11-13-23)33(47)30(36(5,6)7)42-35(49)41-27(22(3)4)20-38-34(48)39-25-14-9-8-10-15-25/h8-10,14-15,18,22-24,26-28,30H,11-13,16-17,19-20H2,1-7H3,(H2,37,45)(H,40,46)(H2,38,39,48)(H2,41,42,49)/t24-,26?,27-,28+,30-/m1/s1. The number of carbonyl (C=O) groups is 6. The van der Waals surface area contributed by atoms with Gasteiger partial charge in [0.25, 0.3) is 5.91 Å². The monoisotopic (exact) mass is 681 g/mol. The molecule has 0 aromatic heterocycles. The van der Waals surface area contributed by atoms with E-state index in [1.807, 2.05) is 72.7 Å². The molecule has 1 unspecified atom stereocenters. The van der Waals surface area contributed by atoms with Crippen molar-refractivity contribution in [3.05, 3.63) is 42.0 Å². The lowest BCUT2D eigenvalue weighted by molar-refractivity contribution is -0.144.